The minimum atomic E-state index is -0.190. The molecule has 0 saturated heterocycles. The van der Waals surface area contributed by atoms with Crippen LogP contribution in [0.15, 0.2) is 0 Å². The zero-order chi connectivity index (χ0) is 27.2. The quantitative estimate of drug-likeness (QED) is 0.243. The first-order valence-electron chi connectivity index (χ1n) is 15.3. The van der Waals surface area contributed by atoms with Crippen molar-refractivity contribution in [2.24, 2.45) is 46.8 Å². The van der Waals surface area contributed by atoms with Crippen LogP contribution < -0.4 is 0 Å². The summed E-state index contributed by atoms with van der Waals surface area (Å²) in [5, 5.41) is 8.92. The van der Waals surface area contributed by atoms with Gasteiger partial charge < -0.3 is 9.47 Å². The Morgan fingerprint density at radius 1 is 1.00 bits per heavy atom. The maximum atomic E-state index is 12.5. The SMILES string of the molecule is CC[C@@H]1CC[C@H](OC(C)=O)CCC(C)[C@H]2CCC3(C)C([C@H](C)CCCCC#N)CC[C@H]3[C@@H]2[C@@H]1OC(C)=O. The van der Waals surface area contributed by atoms with Gasteiger partial charge in [0.05, 0.1) is 6.07 Å². The van der Waals surface area contributed by atoms with Gasteiger partial charge in [0.15, 0.2) is 0 Å². The van der Waals surface area contributed by atoms with E-state index in [2.05, 4.69) is 33.8 Å². The molecule has 0 N–H and O–H groups in total. The van der Waals surface area contributed by atoms with Crippen molar-refractivity contribution >= 4 is 11.9 Å². The summed E-state index contributed by atoms with van der Waals surface area (Å²) in [6.07, 6.45) is 13.7. The summed E-state index contributed by atoms with van der Waals surface area (Å²) in [5.74, 6) is 3.37. The largest absolute Gasteiger partial charge is 0.463 e. The number of unbranched alkanes of at least 4 members (excludes halogenated alkanes) is 2. The first-order chi connectivity index (χ1) is 17.6. The summed E-state index contributed by atoms with van der Waals surface area (Å²) in [7, 11) is 0. The number of nitriles is 1. The molecular weight excluding hydrogens is 462 g/mol. The summed E-state index contributed by atoms with van der Waals surface area (Å²) in [6.45, 7) is 12.7. The van der Waals surface area contributed by atoms with Crippen LogP contribution in [-0.4, -0.2) is 24.1 Å². The third-order valence-corrected chi connectivity index (χ3v) is 10.9. The minimum Gasteiger partial charge on any atom is -0.463 e. The number of carbonyl (C=O) groups excluding carboxylic acids is 2. The number of carbonyl (C=O) groups is 2. The standard InChI is InChI=1S/C32H53NO4/c1-7-25-13-15-26(36-23(4)34)14-12-21(2)27-18-19-32(6)28(22(3)11-9-8-10-20-33)16-17-29(32)30(27)31(25)37-24(5)35/h21-22,25-31H,7-19H2,1-6H3/t21?,22-,25-,26-,27-,28?,29+,30-,31-,32?/m1/s1. The monoisotopic (exact) mass is 515 g/mol. The molecule has 0 bridgehead atoms. The Kier molecular flexibility index (Phi) is 10.9. The van der Waals surface area contributed by atoms with Crippen molar-refractivity contribution in [3.63, 3.8) is 0 Å². The molecule has 0 aromatic heterocycles. The molecule has 5 nitrogen and oxygen atoms in total. The van der Waals surface area contributed by atoms with Gasteiger partial charge >= 0.3 is 11.9 Å². The van der Waals surface area contributed by atoms with Gasteiger partial charge in [-0.3, -0.25) is 9.59 Å². The lowest BCUT2D eigenvalue weighted by Gasteiger charge is -2.54. The lowest BCUT2D eigenvalue weighted by Crippen LogP contribution is -2.51. The zero-order valence-electron chi connectivity index (χ0n) is 24.5. The average Bonchev–Trinajstić information content (AvgIpc) is 3.20. The Balaban J connectivity index is 1.90. The molecule has 3 fully saturated rings. The van der Waals surface area contributed by atoms with E-state index in [1.54, 1.807) is 6.92 Å². The van der Waals surface area contributed by atoms with Crippen molar-refractivity contribution in [1.82, 2.24) is 0 Å². The van der Waals surface area contributed by atoms with E-state index in [9.17, 15) is 9.59 Å². The van der Waals surface area contributed by atoms with E-state index in [0.717, 1.165) is 44.9 Å². The van der Waals surface area contributed by atoms with Gasteiger partial charge in [-0.2, -0.15) is 5.26 Å². The third-order valence-electron chi connectivity index (χ3n) is 10.9. The van der Waals surface area contributed by atoms with Crippen LogP contribution in [0.1, 0.15) is 125 Å². The number of esters is 2. The number of hydrogen-bond donors (Lipinski definition) is 0. The van der Waals surface area contributed by atoms with Crippen molar-refractivity contribution in [3.05, 3.63) is 0 Å². The molecule has 0 aromatic rings. The molecule has 0 aliphatic heterocycles. The Bertz CT molecular complexity index is 805. The van der Waals surface area contributed by atoms with Crippen LogP contribution in [0.25, 0.3) is 0 Å². The normalized spacial score (nSPS) is 38.9. The van der Waals surface area contributed by atoms with E-state index in [-0.39, 0.29) is 29.6 Å². The fraction of sp³-hybridized carbons (Fsp3) is 0.906. The first-order valence-corrected chi connectivity index (χ1v) is 15.3. The summed E-state index contributed by atoms with van der Waals surface area (Å²) >= 11 is 0. The van der Waals surface area contributed by atoms with Crippen LogP contribution >= 0.6 is 0 Å². The maximum Gasteiger partial charge on any atom is 0.302 e. The highest BCUT2D eigenvalue weighted by molar-refractivity contribution is 5.66. The van der Waals surface area contributed by atoms with Crippen LogP contribution in [-0.2, 0) is 19.1 Å². The van der Waals surface area contributed by atoms with E-state index in [1.165, 1.54) is 39.0 Å². The molecular formula is C32H53NO4. The van der Waals surface area contributed by atoms with Crippen LogP contribution in [0.4, 0.5) is 0 Å². The number of ether oxygens (including phenoxy) is 2. The second kappa shape index (κ2) is 13.5. The molecule has 3 saturated carbocycles. The van der Waals surface area contributed by atoms with Crippen LogP contribution in [0.5, 0.6) is 0 Å². The van der Waals surface area contributed by atoms with Crippen molar-refractivity contribution < 1.29 is 19.1 Å². The highest BCUT2D eigenvalue weighted by Gasteiger charge is 2.58. The molecule has 3 aliphatic carbocycles. The summed E-state index contributed by atoms with van der Waals surface area (Å²) in [5.41, 5.74) is 0.288. The smallest absolute Gasteiger partial charge is 0.302 e. The van der Waals surface area contributed by atoms with E-state index in [0.29, 0.717) is 47.8 Å². The summed E-state index contributed by atoms with van der Waals surface area (Å²) in [6, 6.07) is 2.30. The Labute approximate surface area is 226 Å². The molecule has 3 aliphatic rings. The molecule has 0 radical (unpaired) electrons. The predicted octanol–water partition coefficient (Wildman–Crippen LogP) is 7.86. The third kappa shape index (κ3) is 7.10. The van der Waals surface area contributed by atoms with Crippen molar-refractivity contribution in [3.8, 4) is 6.07 Å². The zero-order valence-corrected chi connectivity index (χ0v) is 24.5. The molecule has 3 unspecified atom stereocenters. The number of rotatable bonds is 8. The van der Waals surface area contributed by atoms with Gasteiger partial charge in [-0.25, -0.2) is 0 Å². The van der Waals surface area contributed by atoms with Gasteiger partial charge in [-0.1, -0.05) is 40.5 Å². The molecule has 5 heteroatoms. The predicted molar refractivity (Wildman–Crippen MR) is 146 cm³/mol. The molecule has 37 heavy (non-hydrogen) atoms. The van der Waals surface area contributed by atoms with Gasteiger partial charge in [-0.05, 0) is 105 Å². The lowest BCUT2D eigenvalue weighted by atomic mass is 9.52. The van der Waals surface area contributed by atoms with Crippen molar-refractivity contribution in [2.75, 3.05) is 0 Å². The van der Waals surface area contributed by atoms with Crippen LogP contribution in [0, 0.1) is 58.2 Å². The minimum absolute atomic E-state index is 0.0323. The molecule has 0 heterocycles. The summed E-state index contributed by atoms with van der Waals surface area (Å²) < 4.78 is 12.0. The van der Waals surface area contributed by atoms with Crippen molar-refractivity contribution in [2.45, 2.75) is 137 Å². The van der Waals surface area contributed by atoms with Gasteiger partial charge in [0.1, 0.15) is 12.2 Å². The molecule has 3 rings (SSSR count). The fourth-order valence-corrected chi connectivity index (χ4v) is 9.05. The second-order valence-electron chi connectivity index (χ2n) is 13.1. The lowest BCUT2D eigenvalue weighted by molar-refractivity contribution is -0.166. The van der Waals surface area contributed by atoms with Crippen LogP contribution in [0.2, 0.25) is 0 Å². The Morgan fingerprint density at radius 3 is 2.35 bits per heavy atom. The van der Waals surface area contributed by atoms with E-state index < -0.39 is 0 Å². The van der Waals surface area contributed by atoms with E-state index >= 15 is 0 Å². The maximum absolute atomic E-state index is 12.5. The van der Waals surface area contributed by atoms with E-state index in [1.807, 2.05) is 0 Å². The van der Waals surface area contributed by atoms with E-state index in [4.69, 9.17) is 14.7 Å². The highest BCUT2D eigenvalue weighted by atomic mass is 16.5. The Hall–Kier alpha value is -1.57. The molecule has 0 amide bonds. The highest BCUT2D eigenvalue weighted by Crippen LogP contribution is 2.64. The second-order valence-corrected chi connectivity index (χ2v) is 13.1. The molecule has 210 valence electrons. The van der Waals surface area contributed by atoms with Gasteiger partial charge in [0, 0.05) is 26.2 Å². The van der Waals surface area contributed by atoms with Gasteiger partial charge in [0.25, 0.3) is 0 Å². The van der Waals surface area contributed by atoms with Gasteiger partial charge in [-0.15, -0.1) is 0 Å². The van der Waals surface area contributed by atoms with Crippen LogP contribution in [0.3, 0.4) is 0 Å². The number of nitrogens with zero attached hydrogens (tertiary/aromatic N) is 1. The molecule has 0 spiro atoms. The average molecular weight is 516 g/mol. The number of fused-ring (bicyclic) bond motifs is 3. The Morgan fingerprint density at radius 2 is 1.70 bits per heavy atom. The molecule has 10 atom stereocenters. The summed E-state index contributed by atoms with van der Waals surface area (Å²) in [4.78, 5) is 24.3. The molecule has 0 aromatic carbocycles. The van der Waals surface area contributed by atoms with Crippen molar-refractivity contribution in [1.29, 1.82) is 5.26 Å². The fourth-order valence-electron chi connectivity index (χ4n) is 9.05. The first kappa shape index (κ1) is 30.0. The van der Waals surface area contributed by atoms with Gasteiger partial charge in [0.2, 0.25) is 0 Å². The topological polar surface area (TPSA) is 76.4 Å². The number of hydrogen-bond acceptors (Lipinski definition) is 5.